The molecular formula is C12H9N3O2. The lowest BCUT2D eigenvalue weighted by molar-refractivity contribution is 0.0697. The standard InChI is InChI=1S/C12H9N3O2/c1-7-4-11-14-13-6-15(11)10-5-8(12(16)17)2-3-9(7)10/h2-6H,1H3,(H,16,17). The molecular weight excluding hydrogens is 218 g/mol. The molecule has 5 nitrogen and oxygen atoms in total. The molecule has 3 aromatic rings. The fourth-order valence-electron chi connectivity index (χ4n) is 2.00. The van der Waals surface area contributed by atoms with E-state index in [2.05, 4.69) is 10.2 Å². The molecule has 0 unspecified atom stereocenters. The minimum Gasteiger partial charge on any atom is -0.478 e. The van der Waals surface area contributed by atoms with Crippen LogP contribution in [0.15, 0.2) is 30.6 Å². The van der Waals surface area contributed by atoms with Crippen molar-refractivity contribution in [1.29, 1.82) is 0 Å². The number of aromatic nitrogens is 3. The maximum absolute atomic E-state index is 11.0. The molecule has 84 valence electrons. The van der Waals surface area contributed by atoms with Gasteiger partial charge in [0.1, 0.15) is 6.33 Å². The van der Waals surface area contributed by atoms with Crippen molar-refractivity contribution in [3.8, 4) is 0 Å². The predicted molar refractivity (Wildman–Crippen MR) is 62.2 cm³/mol. The highest BCUT2D eigenvalue weighted by Crippen LogP contribution is 2.21. The minimum absolute atomic E-state index is 0.262. The number of carboxylic acids is 1. The molecule has 0 amide bonds. The van der Waals surface area contributed by atoms with Gasteiger partial charge in [0.15, 0.2) is 5.65 Å². The van der Waals surface area contributed by atoms with E-state index in [1.165, 1.54) is 0 Å². The van der Waals surface area contributed by atoms with Crippen LogP contribution in [-0.2, 0) is 0 Å². The van der Waals surface area contributed by atoms with Gasteiger partial charge in [0, 0.05) is 5.39 Å². The average Bonchev–Trinajstić information content (AvgIpc) is 2.76. The third-order valence-corrected chi connectivity index (χ3v) is 2.85. The van der Waals surface area contributed by atoms with E-state index in [4.69, 9.17) is 5.11 Å². The van der Waals surface area contributed by atoms with Crippen LogP contribution in [0.3, 0.4) is 0 Å². The number of rotatable bonds is 1. The first-order chi connectivity index (χ1) is 8.16. The predicted octanol–water partition coefficient (Wildman–Crippen LogP) is 1.89. The zero-order chi connectivity index (χ0) is 12.0. The number of benzene rings is 1. The molecule has 0 spiro atoms. The number of aromatic carboxylic acids is 1. The van der Waals surface area contributed by atoms with E-state index < -0.39 is 5.97 Å². The molecule has 0 aliphatic heterocycles. The van der Waals surface area contributed by atoms with Gasteiger partial charge < -0.3 is 5.11 Å². The first-order valence-electron chi connectivity index (χ1n) is 5.13. The molecule has 1 aromatic carbocycles. The number of hydrogen-bond donors (Lipinski definition) is 1. The van der Waals surface area contributed by atoms with Gasteiger partial charge in [0.25, 0.3) is 0 Å². The van der Waals surface area contributed by atoms with E-state index in [0.717, 1.165) is 22.1 Å². The maximum atomic E-state index is 11.0. The number of fused-ring (bicyclic) bond motifs is 3. The van der Waals surface area contributed by atoms with Crippen molar-refractivity contribution >= 4 is 22.5 Å². The lowest BCUT2D eigenvalue weighted by Gasteiger charge is -2.05. The molecule has 3 rings (SSSR count). The Labute approximate surface area is 96.3 Å². The third-order valence-electron chi connectivity index (χ3n) is 2.85. The molecule has 2 heterocycles. The normalized spacial score (nSPS) is 11.1. The summed E-state index contributed by atoms with van der Waals surface area (Å²) in [4.78, 5) is 11.0. The highest BCUT2D eigenvalue weighted by molar-refractivity contribution is 5.94. The van der Waals surface area contributed by atoms with Gasteiger partial charge in [-0.1, -0.05) is 6.07 Å². The number of hydrogen-bond acceptors (Lipinski definition) is 3. The van der Waals surface area contributed by atoms with Gasteiger partial charge in [-0.05, 0) is 30.7 Å². The Morgan fingerprint density at radius 3 is 2.94 bits per heavy atom. The number of pyridine rings is 1. The second-order valence-corrected chi connectivity index (χ2v) is 3.92. The summed E-state index contributed by atoms with van der Waals surface area (Å²) >= 11 is 0. The van der Waals surface area contributed by atoms with Crippen LogP contribution in [0.25, 0.3) is 16.6 Å². The summed E-state index contributed by atoms with van der Waals surface area (Å²) in [5.74, 6) is -0.936. The largest absolute Gasteiger partial charge is 0.478 e. The maximum Gasteiger partial charge on any atom is 0.335 e. The summed E-state index contributed by atoms with van der Waals surface area (Å²) in [7, 11) is 0. The molecule has 5 heteroatoms. The Morgan fingerprint density at radius 2 is 2.18 bits per heavy atom. The Kier molecular flexibility index (Phi) is 1.89. The molecule has 2 aromatic heterocycles. The van der Waals surface area contributed by atoms with Gasteiger partial charge in [-0.15, -0.1) is 10.2 Å². The molecule has 0 saturated heterocycles. The highest BCUT2D eigenvalue weighted by Gasteiger charge is 2.08. The second-order valence-electron chi connectivity index (χ2n) is 3.92. The molecule has 0 atom stereocenters. The van der Waals surface area contributed by atoms with E-state index in [0.29, 0.717) is 0 Å². The van der Waals surface area contributed by atoms with Crippen LogP contribution in [0.4, 0.5) is 0 Å². The third kappa shape index (κ3) is 1.36. The summed E-state index contributed by atoms with van der Waals surface area (Å²) in [5, 5.41) is 17.8. The average molecular weight is 227 g/mol. The van der Waals surface area contributed by atoms with E-state index in [1.807, 2.05) is 19.1 Å². The van der Waals surface area contributed by atoms with Gasteiger partial charge in [-0.3, -0.25) is 4.40 Å². The Balaban J connectivity index is 2.50. The summed E-state index contributed by atoms with van der Waals surface area (Å²) < 4.78 is 1.79. The molecule has 0 saturated carbocycles. The van der Waals surface area contributed by atoms with Crippen molar-refractivity contribution < 1.29 is 9.90 Å². The first-order valence-corrected chi connectivity index (χ1v) is 5.13. The summed E-state index contributed by atoms with van der Waals surface area (Å²) in [5.41, 5.74) is 2.85. The second kappa shape index (κ2) is 3.28. The lowest BCUT2D eigenvalue weighted by Crippen LogP contribution is -1.98. The highest BCUT2D eigenvalue weighted by atomic mass is 16.4. The molecule has 0 aliphatic rings. The molecule has 0 radical (unpaired) electrons. The SMILES string of the molecule is Cc1cc2nncn2c2cc(C(=O)O)ccc12. The van der Waals surface area contributed by atoms with E-state index in [9.17, 15) is 4.79 Å². The Hall–Kier alpha value is -2.43. The summed E-state index contributed by atoms with van der Waals surface area (Å²) in [6, 6.07) is 6.98. The molecule has 0 aliphatic carbocycles. The van der Waals surface area contributed by atoms with Gasteiger partial charge in [-0.25, -0.2) is 4.79 Å². The number of carbonyl (C=O) groups is 1. The fourth-order valence-corrected chi connectivity index (χ4v) is 2.00. The Morgan fingerprint density at radius 1 is 1.35 bits per heavy atom. The topological polar surface area (TPSA) is 67.5 Å². The van der Waals surface area contributed by atoms with Gasteiger partial charge in [0.2, 0.25) is 0 Å². The van der Waals surface area contributed by atoms with Crippen molar-refractivity contribution in [1.82, 2.24) is 14.6 Å². The van der Waals surface area contributed by atoms with E-state index >= 15 is 0 Å². The summed E-state index contributed by atoms with van der Waals surface area (Å²) in [6.07, 6.45) is 1.59. The van der Waals surface area contributed by atoms with Crippen molar-refractivity contribution in [3.05, 3.63) is 41.7 Å². The van der Waals surface area contributed by atoms with Crippen LogP contribution < -0.4 is 0 Å². The van der Waals surface area contributed by atoms with Crippen molar-refractivity contribution in [2.24, 2.45) is 0 Å². The number of carboxylic acid groups (broad SMARTS) is 1. The van der Waals surface area contributed by atoms with Crippen molar-refractivity contribution in [2.75, 3.05) is 0 Å². The molecule has 0 bridgehead atoms. The molecule has 17 heavy (non-hydrogen) atoms. The number of aryl methyl sites for hydroxylation is 1. The lowest BCUT2D eigenvalue weighted by atomic mass is 10.1. The van der Waals surface area contributed by atoms with E-state index in [1.54, 1.807) is 22.9 Å². The van der Waals surface area contributed by atoms with Crippen LogP contribution in [-0.4, -0.2) is 25.7 Å². The minimum atomic E-state index is -0.936. The van der Waals surface area contributed by atoms with Gasteiger partial charge in [0.05, 0.1) is 11.1 Å². The fraction of sp³-hybridized carbons (Fsp3) is 0.0833. The zero-order valence-corrected chi connectivity index (χ0v) is 9.08. The van der Waals surface area contributed by atoms with Crippen molar-refractivity contribution in [2.45, 2.75) is 6.92 Å². The smallest absolute Gasteiger partial charge is 0.335 e. The first kappa shape index (κ1) is 9.77. The van der Waals surface area contributed by atoms with Crippen molar-refractivity contribution in [3.63, 3.8) is 0 Å². The van der Waals surface area contributed by atoms with Crippen LogP contribution in [0.5, 0.6) is 0 Å². The van der Waals surface area contributed by atoms with Gasteiger partial charge >= 0.3 is 5.97 Å². The number of nitrogens with zero attached hydrogens (tertiary/aromatic N) is 3. The zero-order valence-electron chi connectivity index (χ0n) is 9.08. The summed E-state index contributed by atoms with van der Waals surface area (Å²) in [6.45, 7) is 1.97. The van der Waals surface area contributed by atoms with E-state index in [-0.39, 0.29) is 5.56 Å². The van der Waals surface area contributed by atoms with Crippen LogP contribution in [0.2, 0.25) is 0 Å². The van der Waals surface area contributed by atoms with Gasteiger partial charge in [-0.2, -0.15) is 0 Å². The molecule has 0 fully saturated rings. The van der Waals surface area contributed by atoms with Crippen LogP contribution in [0, 0.1) is 6.92 Å². The quantitative estimate of drug-likeness (QED) is 0.689. The monoisotopic (exact) mass is 227 g/mol. The van der Waals surface area contributed by atoms with Crippen LogP contribution >= 0.6 is 0 Å². The van der Waals surface area contributed by atoms with Crippen LogP contribution in [0.1, 0.15) is 15.9 Å². The Bertz CT molecular complexity index is 746. The molecule has 1 N–H and O–H groups in total.